The zero-order valence-electron chi connectivity index (χ0n) is 15.3. The molecular weight excluding hydrogens is 330 g/mol. The fourth-order valence-corrected chi connectivity index (χ4v) is 3.22. The Morgan fingerprint density at radius 2 is 1.96 bits per heavy atom. The molecular formula is C20H25N3O3. The molecule has 1 aliphatic heterocycles. The highest BCUT2D eigenvalue weighted by molar-refractivity contribution is 5.80. The molecule has 1 aromatic heterocycles. The van der Waals surface area contributed by atoms with Gasteiger partial charge in [-0.15, -0.1) is 0 Å². The van der Waals surface area contributed by atoms with Crippen molar-refractivity contribution in [3.05, 3.63) is 48.2 Å². The Kier molecular flexibility index (Phi) is 5.94. The van der Waals surface area contributed by atoms with Crippen molar-refractivity contribution in [1.29, 1.82) is 0 Å². The van der Waals surface area contributed by atoms with Crippen molar-refractivity contribution in [3.63, 3.8) is 0 Å². The van der Waals surface area contributed by atoms with E-state index < -0.39 is 0 Å². The van der Waals surface area contributed by atoms with Crippen molar-refractivity contribution >= 4 is 11.9 Å². The standard InChI is InChI=1S/C20H25N3O3/c1-21-20(23-12-10-16(11-13-23)19(24)25-2)22-14-17-8-9-18(26-17)15-6-4-3-5-7-15/h3-9,16H,10-14H2,1-2H3,(H,21,22). The molecule has 1 aromatic carbocycles. The van der Waals surface area contributed by atoms with Crippen molar-refractivity contribution in [2.45, 2.75) is 19.4 Å². The molecule has 2 aromatic rings. The number of nitrogens with one attached hydrogen (secondary N) is 1. The van der Waals surface area contributed by atoms with Crippen LogP contribution in [0, 0.1) is 5.92 Å². The number of likely N-dealkylation sites (tertiary alicyclic amines) is 1. The van der Waals surface area contributed by atoms with Gasteiger partial charge in [0.15, 0.2) is 5.96 Å². The molecule has 0 aliphatic carbocycles. The second kappa shape index (κ2) is 8.56. The number of esters is 1. The average Bonchev–Trinajstić information content (AvgIpc) is 3.18. The highest BCUT2D eigenvalue weighted by Gasteiger charge is 2.26. The van der Waals surface area contributed by atoms with Crippen LogP contribution < -0.4 is 5.32 Å². The third kappa shape index (κ3) is 4.25. The average molecular weight is 355 g/mol. The number of piperidine rings is 1. The van der Waals surface area contributed by atoms with Gasteiger partial charge in [-0.3, -0.25) is 9.79 Å². The van der Waals surface area contributed by atoms with Crippen LogP contribution >= 0.6 is 0 Å². The molecule has 0 spiro atoms. The van der Waals surface area contributed by atoms with Gasteiger partial charge in [-0.05, 0) is 25.0 Å². The number of aliphatic imine (C=N–C) groups is 1. The van der Waals surface area contributed by atoms with Crippen molar-refractivity contribution in [2.24, 2.45) is 10.9 Å². The van der Waals surface area contributed by atoms with E-state index in [9.17, 15) is 4.79 Å². The predicted molar refractivity (Wildman–Crippen MR) is 101 cm³/mol. The lowest BCUT2D eigenvalue weighted by Crippen LogP contribution is -2.46. The molecule has 0 radical (unpaired) electrons. The number of ether oxygens (including phenoxy) is 1. The normalized spacial score (nSPS) is 15.8. The molecule has 1 fully saturated rings. The third-order valence-corrected chi connectivity index (χ3v) is 4.68. The molecule has 3 rings (SSSR count). The summed E-state index contributed by atoms with van der Waals surface area (Å²) < 4.78 is 10.8. The topological polar surface area (TPSA) is 67.1 Å². The van der Waals surface area contributed by atoms with Gasteiger partial charge in [-0.1, -0.05) is 30.3 Å². The molecule has 6 nitrogen and oxygen atoms in total. The first-order valence-corrected chi connectivity index (χ1v) is 8.89. The summed E-state index contributed by atoms with van der Waals surface area (Å²) in [5.41, 5.74) is 1.06. The first-order valence-electron chi connectivity index (χ1n) is 8.89. The van der Waals surface area contributed by atoms with Gasteiger partial charge >= 0.3 is 5.97 Å². The largest absolute Gasteiger partial charge is 0.469 e. The molecule has 6 heteroatoms. The lowest BCUT2D eigenvalue weighted by Gasteiger charge is -2.33. The van der Waals surface area contributed by atoms with Gasteiger partial charge in [0.05, 0.1) is 19.6 Å². The molecule has 0 atom stereocenters. The summed E-state index contributed by atoms with van der Waals surface area (Å²) in [5.74, 6) is 2.42. The second-order valence-electron chi connectivity index (χ2n) is 6.32. The molecule has 0 saturated carbocycles. The number of guanidine groups is 1. The third-order valence-electron chi connectivity index (χ3n) is 4.68. The fourth-order valence-electron chi connectivity index (χ4n) is 3.22. The zero-order valence-corrected chi connectivity index (χ0v) is 15.3. The number of furan rings is 1. The summed E-state index contributed by atoms with van der Waals surface area (Å²) >= 11 is 0. The number of nitrogens with zero attached hydrogens (tertiary/aromatic N) is 2. The molecule has 2 heterocycles. The Morgan fingerprint density at radius 1 is 1.23 bits per heavy atom. The van der Waals surface area contributed by atoms with Crippen molar-refractivity contribution < 1.29 is 13.9 Å². The predicted octanol–water partition coefficient (Wildman–Crippen LogP) is 2.91. The van der Waals surface area contributed by atoms with E-state index in [-0.39, 0.29) is 11.9 Å². The summed E-state index contributed by atoms with van der Waals surface area (Å²) in [6.07, 6.45) is 1.57. The van der Waals surface area contributed by atoms with Crippen LogP contribution in [0.3, 0.4) is 0 Å². The van der Waals surface area contributed by atoms with E-state index in [1.54, 1.807) is 7.05 Å². The van der Waals surface area contributed by atoms with Crippen LogP contribution in [-0.2, 0) is 16.1 Å². The molecule has 0 unspecified atom stereocenters. The Balaban J connectivity index is 1.54. The van der Waals surface area contributed by atoms with Gasteiger partial charge in [-0.2, -0.15) is 0 Å². The summed E-state index contributed by atoms with van der Waals surface area (Å²) in [4.78, 5) is 18.2. The number of rotatable bonds is 4. The second-order valence-corrected chi connectivity index (χ2v) is 6.32. The van der Waals surface area contributed by atoms with E-state index >= 15 is 0 Å². The maximum Gasteiger partial charge on any atom is 0.308 e. The molecule has 1 aliphatic rings. The van der Waals surface area contributed by atoms with E-state index in [2.05, 4.69) is 15.2 Å². The molecule has 0 amide bonds. The lowest BCUT2D eigenvalue weighted by atomic mass is 9.97. The minimum absolute atomic E-state index is 0.00661. The van der Waals surface area contributed by atoms with Gasteiger partial charge < -0.3 is 19.4 Å². The van der Waals surface area contributed by atoms with E-state index in [1.165, 1.54) is 7.11 Å². The van der Waals surface area contributed by atoms with Crippen molar-refractivity contribution in [1.82, 2.24) is 10.2 Å². The number of benzene rings is 1. The number of hydrogen-bond donors (Lipinski definition) is 1. The lowest BCUT2D eigenvalue weighted by molar-refractivity contribution is -0.146. The van der Waals surface area contributed by atoms with E-state index in [0.717, 1.165) is 49.0 Å². The SMILES string of the molecule is CN=C(NCc1ccc(-c2ccccc2)o1)N1CCC(C(=O)OC)CC1. The van der Waals surface area contributed by atoms with Gasteiger partial charge in [0.1, 0.15) is 11.5 Å². The van der Waals surface area contributed by atoms with Gasteiger partial charge in [0.2, 0.25) is 0 Å². The van der Waals surface area contributed by atoms with Crippen LogP contribution in [-0.4, -0.2) is 44.1 Å². The van der Waals surface area contributed by atoms with E-state index in [4.69, 9.17) is 9.15 Å². The molecule has 0 bridgehead atoms. The highest BCUT2D eigenvalue weighted by atomic mass is 16.5. The Labute approximate surface area is 153 Å². The Morgan fingerprint density at radius 3 is 2.62 bits per heavy atom. The van der Waals surface area contributed by atoms with Crippen LogP contribution in [0.5, 0.6) is 0 Å². The minimum Gasteiger partial charge on any atom is -0.469 e. The molecule has 1 N–H and O–H groups in total. The van der Waals surface area contributed by atoms with Gasteiger partial charge in [0.25, 0.3) is 0 Å². The minimum atomic E-state index is -0.114. The van der Waals surface area contributed by atoms with Crippen LogP contribution in [0.4, 0.5) is 0 Å². The summed E-state index contributed by atoms with van der Waals surface area (Å²) in [5, 5.41) is 3.34. The number of carbonyl (C=O) groups is 1. The molecule has 138 valence electrons. The first-order chi connectivity index (χ1) is 12.7. The smallest absolute Gasteiger partial charge is 0.308 e. The van der Waals surface area contributed by atoms with E-state index in [0.29, 0.717) is 6.54 Å². The van der Waals surface area contributed by atoms with Crippen molar-refractivity contribution in [2.75, 3.05) is 27.2 Å². The van der Waals surface area contributed by atoms with Crippen LogP contribution in [0.25, 0.3) is 11.3 Å². The summed E-state index contributed by atoms with van der Waals surface area (Å²) in [6.45, 7) is 2.14. The number of methoxy groups -OCH3 is 1. The number of carbonyl (C=O) groups excluding carboxylic acids is 1. The monoisotopic (exact) mass is 355 g/mol. The Hall–Kier alpha value is -2.76. The first kappa shape index (κ1) is 18.0. The number of hydrogen-bond acceptors (Lipinski definition) is 4. The van der Waals surface area contributed by atoms with Gasteiger partial charge in [-0.25, -0.2) is 0 Å². The zero-order chi connectivity index (χ0) is 18.4. The quantitative estimate of drug-likeness (QED) is 0.519. The Bertz CT molecular complexity index is 747. The maximum absolute atomic E-state index is 11.6. The van der Waals surface area contributed by atoms with Crippen LogP contribution in [0.2, 0.25) is 0 Å². The van der Waals surface area contributed by atoms with Crippen LogP contribution in [0.15, 0.2) is 51.9 Å². The maximum atomic E-state index is 11.6. The van der Waals surface area contributed by atoms with Crippen LogP contribution in [0.1, 0.15) is 18.6 Å². The van der Waals surface area contributed by atoms with Crippen molar-refractivity contribution in [3.8, 4) is 11.3 Å². The summed E-state index contributed by atoms with van der Waals surface area (Å²) in [7, 11) is 3.22. The highest BCUT2D eigenvalue weighted by Crippen LogP contribution is 2.22. The fraction of sp³-hybridized carbons (Fsp3) is 0.400. The molecule has 1 saturated heterocycles. The summed E-state index contributed by atoms with van der Waals surface area (Å²) in [6, 6.07) is 14.0. The van der Waals surface area contributed by atoms with Gasteiger partial charge in [0, 0.05) is 25.7 Å². The molecule has 26 heavy (non-hydrogen) atoms. The van der Waals surface area contributed by atoms with E-state index in [1.807, 2.05) is 42.5 Å².